The van der Waals surface area contributed by atoms with E-state index in [9.17, 15) is 0 Å². The molecule has 0 nitrogen and oxygen atoms in total. The van der Waals surface area contributed by atoms with Gasteiger partial charge in [-0.15, -0.1) is 0 Å². The van der Waals surface area contributed by atoms with E-state index in [1.807, 2.05) is 0 Å². The summed E-state index contributed by atoms with van der Waals surface area (Å²) in [5, 5.41) is 0. The summed E-state index contributed by atoms with van der Waals surface area (Å²) in [6, 6.07) is 11.2. The van der Waals surface area contributed by atoms with Crippen molar-refractivity contribution < 1.29 is 0 Å². The van der Waals surface area contributed by atoms with Crippen molar-refractivity contribution in [2.24, 2.45) is 0 Å². The van der Waals surface area contributed by atoms with Gasteiger partial charge in [0.05, 0.1) is 0 Å². The monoisotopic (exact) mass is 368 g/mol. The molecule has 1 fully saturated rings. The molecule has 1 atom stereocenters. The summed E-state index contributed by atoms with van der Waals surface area (Å²) in [4.78, 5) is 0. The van der Waals surface area contributed by atoms with Crippen LogP contribution in [0.25, 0.3) is 11.1 Å². The Hall–Kier alpha value is -1.13. The normalized spacial score (nSPS) is 14.9. The fourth-order valence-electron chi connectivity index (χ4n) is 5.20. The molecule has 26 heavy (non-hydrogen) atoms. The van der Waals surface area contributed by atoms with Gasteiger partial charge in [-0.05, 0) is 83.9 Å². The lowest BCUT2D eigenvalue weighted by atomic mass is 9.73. The van der Waals surface area contributed by atoms with E-state index in [0.29, 0.717) is 0 Å². The zero-order chi connectivity index (χ0) is 17.8. The molecule has 2 aromatic rings. The third-order valence-electron chi connectivity index (χ3n) is 6.29. The van der Waals surface area contributed by atoms with E-state index in [2.05, 4.69) is 58.0 Å². The van der Waals surface area contributed by atoms with Crippen LogP contribution in [0, 0.1) is 6.92 Å². The summed E-state index contributed by atoms with van der Waals surface area (Å²) in [7, 11) is 0. The first-order valence-corrected chi connectivity index (χ1v) is 10.4. The molecule has 0 aliphatic heterocycles. The van der Waals surface area contributed by atoms with Gasteiger partial charge in [-0.25, -0.2) is 0 Å². The molecule has 0 radical (unpaired) electrons. The molecule has 142 valence electrons. The second-order valence-electron chi connectivity index (χ2n) is 7.61. The molecule has 0 heterocycles. The van der Waals surface area contributed by atoms with Crippen LogP contribution >= 0.6 is 9.90 Å². The van der Waals surface area contributed by atoms with Crippen molar-refractivity contribution in [1.29, 1.82) is 0 Å². The fourth-order valence-corrected chi connectivity index (χ4v) is 5.20. The van der Waals surface area contributed by atoms with Crippen LogP contribution in [0.2, 0.25) is 0 Å². The van der Waals surface area contributed by atoms with E-state index < -0.39 is 0 Å². The zero-order valence-corrected chi connectivity index (χ0v) is 18.7. The average molecular weight is 369 g/mol. The summed E-state index contributed by atoms with van der Waals surface area (Å²) in [5.41, 5.74) is 11.2. The van der Waals surface area contributed by atoms with E-state index in [1.54, 1.807) is 33.4 Å². The SMILES string of the molecule is CCc1c(C)c(-c2ccccc2)c(C2CCCCC2)c(CC)c1CC.P. The van der Waals surface area contributed by atoms with Gasteiger partial charge in [0.2, 0.25) is 0 Å². The highest BCUT2D eigenvalue weighted by atomic mass is 31.0. The topological polar surface area (TPSA) is 0 Å². The summed E-state index contributed by atoms with van der Waals surface area (Å²) < 4.78 is 0. The number of hydrogen-bond acceptors (Lipinski definition) is 0. The minimum Gasteiger partial charge on any atom is -0.153 e. The molecule has 0 saturated heterocycles. The summed E-state index contributed by atoms with van der Waals surface area (Å²) in [6.45, 7) is 9.42. The molecular weight excluding hydrogens is 331 g/mol. The molecule has 1 unspecified atom stereocenters. The largest absolute Gasteiger partial charge is 0.153 e. The molecule has 1 aliphatic rings. The van der Waals surface area contributed by atoms with Crippen molar-refractivity contribution >= 4 is 9.90 Å². The first kappa shape index (κ1) is 21.2. The second-order valence-corrected chi connectivity index (χ2v) is 7.61. The quantitative estimate of drug-likeness (QED) is 0.481. The Morgan fingerprint density at radius 1 is 0.769 bits per heavy atom. The first-order chi connectivity index (χ1) is 12.2. The maximum atomic E-state index is 2.38. The molecular formula is C25H37P. The molecule has 0 N–H and O–H groups in total. The maximum absolute atomic E-state index is 2.38. The van der Waals surface area contributed by atoms with Gasteiger partial charge in [0.25, 0.3) is 0 Å². The van der Waals surface area contributed by atoms with Crippen LogP contribution in [0.1, 0.15) is 86.6 Å². The van der Waals surface area contributed by atoms with Crippen molar-refractivity contribution in [3.8, 4) is 11.1 Å². The van der Waals surface area contributed by atoms with Crippen molar-refractivity contribution in [2.45, 2.75) is 85.0 Å². The zero-order valence-electron chi connectivity index (χ0n) is 17.3. The summed E-state index contributed by atoms with van der Waals surface area (Å²) >= 11 is 0. The van der Waals surface area contributed by atoms with E-state index >= 15 is 0 Å². The number of rotatable bonds is 5. The Kier molecular flexibility index (Phi) is 7.90. The Bertz CT molecular complexity index is 709. The van der Waals surface area contributed by atoms with Gasteiger partial charge >= 0.3 is 0 Å². The van der Waals surface area contributed by atoms with E-state index in [0.717, 1.165) is 12.3 Å². The lowest BCUT2D eigenvalue weighted by Crippen LogP contribution is -2.14. The van der Waals surface area contributed by atoms with Gasteiger partial charge in [-0.2, -0.15) is 9.90 Å². The molecule has 3 rings (SSSR count). The van der Waals surface area contributed by atoms with E-state index in [1.165, 1.54) is 50.5 Å². The fraction of sp³-hybridized carbons (Fsp3) is 0.520. The third-order valence-corrected chi connectivity index (χ3v) is 6.29. The van der Waals surface area contributed by atoms with Crippen LogP contribution in [0.3, 0.4) is 0 Å². The summed E-state index contributed by atoms with van der Waals surface area (Å²) in [5.74, 6) is 0.758. The van der Waals surface area contributed by atoms with Crippen molar-refractivity contribution in [3.05, 3.63) is 58.1 Å². The van der Waals surface area contributed by atoms with Crippen LogP contribution in [0.5, 0.6) is 0 Å². The van der Waals surface area contributed by atoms with Crippen molar-refractivity contribution in [1.82, 2.24) is 0 Å². The Morgan fingerprint density at radius 2 is 1.35 bits per heavy atom. The standard InChI is InChI=1S/C25H34.H3P/c1-5-21-18(4)24(19-14-10-8-11-15-19)25(20-16-12-9-13-17-20)23(7-3)22(21)6-2;/h8,10-11,14-15,20H,5-7,9,12-13,16-17H2,1-4H3;1H3. The molecule has 1 saturated carbocycles. The van der Waals surface area contributed by atoms with Gasteiger partial charge < -0.3 is 0 Å². The predicted molar refractivity (Wildman–Crippen MR) is 122 cm³/mol. The number of benzene rings is 2. The minimum absolute atomic E-state index is 0. The van der Waals surface area contributed by atoms with E-state index in [-0.39, 0.29) is 9.90 Å². The predicted octanol–water partition coefficient (Wildman–Crippen LogP) is 7.46. The van der Waals surface area contributed by atoms with Crippen LogP contribution in [0.4, 0.5) is 0 Å². The Labute approximate surface area is 164 Å². The Morgan fingerprint density at radius 3 is 1.88 bits per heavy atom. The van der Waals surface area contributed by atoms with Crippen molar-refractivity contribution in [2.75, 3.05) is 0 Å². The maximum Gasteiger partial charge on any atom is -0.0114 e. The lowest BCUT2D eigenvalue weighted by Gasteiger charge is -2.31. The molecule has 1 heteroatoms. The van der Waals surface area contributed by atoms with Crippen LogP contribution in [-0.2, 0) is 19.3 Å². The Balaban J connectivity index is 0.00000243. The molecule has 1 aliphatic carbocycles. The smallest absolute Gasteiger partial charge is 0.0114 e. The van der Waals surface area contributed by atoms with Gasteiger partial charge in [-0.1, -0.05) is 70.4 Å². The van der Waals surface area contributed by atoms with Crippen LogP contribution in [-0.4, -0.2) is 0 Å². The summed E-state index contributed by atoms with van der Waals surface area (Å²) in [6.07, 6.45) is 10.5. The minimum atomic E-state index is 0. The van der Waals surface area contributed by atoms with Gasteiger partial charge in [-0.3, -0.25) is 0 Å². The van der Waals surface area contributed by atoms with Crippen LogP contribution < -0.4 is 0 Å². The highest BCUT2D eigenvalue weighted by Gasteiger charge is 2.26. The molecule has 0 bridgehead atoms. The second kappa shape index (κ2) is 9.70. The number of hydrogen-bond donors (Lipinski definition) is 0. The van der Waals surface area contributed by atoms with Gasteiger partial charge in [0.1, 0.15) is 0 Å². The van der Waals surface area contributed by atoms with Gasteiger partial charge in [0.15, 0.2) is 0 Å². The van der Waals surface area contributed by atoms with E-state index in [4.69, 9.17) is 0 Å². The highest BCUT2D eigenvalue weighted by molar-refractivity contribution is 6.92. The average Bonchev–Trinajstić information content (AvgIpc) is 2.68. The molecule has 2 aromatic carbocycles. The van der Waals surface area contributed by atoms with Gasteiger partial charge in [0, 0.05) is 0 Å². The molecule has 0 aromatic heterocycles. The molecule has 0 spiro atoms. The highest BCUT2D eigenvalue weighted by Crippen LogP contribution is 2.44. The lowest BCUT2D eigenvalue weighted by molar-refractivity contribution is 0.442. The van der Waals surface area contributed by atoms with Crippen LogP contribution in [0.15, 0.2) is 30.3 Å². The third kappa shape index (κ3) is 3.91. The van der Waals surface area contributed by atoms with Crippen molar-refractivity contribution in [3.63, 3.8) is 0 Å². The molecule has 0 amide bonds. The first-order valence-electron chi connectivity index (χ1n) is 10.4.